The second-order valence-electron chi connectivity index (χ2n) is 5.92. The Hall–Kier alpha value is -2.17. The molecule has 0 saturated heterocycles. The Morgan fingerprint density at radius 1 is 1.19 bits per heavy atom. The molecule has 1 atom stereocenters. The van der Waals surface area contributed by atoms with Crippen LogP contribution in [0.5, 0.6) is 0 Å². The van der Waals surface area contributed by atoms with Crippen molar-refractivity contribution in [3.63, 3.8) is 0 Å². The fourth-order valence-electron chi connectivity index (χ4n) is 3.11. The number of amides is 1. The summed E-state index contributed by atoms with van der Waals surface area (Å²) < 4.78 is 0. The second kappa shape index (κ2) is 5.31. The quantitative estimate of drug-likeness (QED) is 0.890. The number of hydrogen-bond acceptors (Lipinski definition) is 3. The molecule has 0 saturated carbocycles. The number of aromatic amines is 1. The van der Waals surface area contributed by atoms with E-state index in [0.717, 1.165) is 41.0 Å². The molecule has 0 radical (unpaired) electrons. The maximum absolute atomic E-state index is 12.5. The van der Waals surface area contributed by atoms with E-state index in [1.807, 2.05) is 13.8 Å². The molecular weight excluding hydrogens is 264 g/mol. The van der Waals surface area contributed by atoms with Gasteiger partial charge in [0.1, 0.15) is 0 Å². The molecule has 5 heteroatoms. The van der Waals surface area contributed by atoms with Gasteiger partial charge in [0.05, 0.1) is 11.4 Å². The summed E-state index contributed by atoms with van der Waals surface area (Å²) in [7, 11) is 0. The molecule has 5 nitrogen and oxygen atoms in total. The molecule has 110 valence electrons. The molecule has 1 aliphatic rings. The summed E-state index contributed by atoms with van der Waals surface area (Å²) in [5, 5.41) is 14.0. The predicted molar refractivity (Wildman–Crippen MR) is 81.2 cm³/mol. The van der Waals surface area contributed by atoms with Crippen LogP contribution in [0.25, 0.3) is 0 Å². The normalized spacial score (nSPS) is 17.4. The lowest BCUT2D eigenvalue weighted by atomic mass is 9.89. The number of benzene rings is 1. The van der Waals surface area contributed by atoms with E-state index in [4.69, 9.17) is 0 Å². The average molecular weight is 284 g/mol. The number of H-pyrrole nitrogens is 1. The van der Waals surface area contributed by atoms with Gasteiger partial charge in [-0.15, -0.1) is 0 Å². The summed E-state index contributed by atoms with van der Waals surface area (Å²) in [4.78, 5) is 12.5. The first-order chi connectivity index (χ1) is 10.0. The van der Waals surface area contributed by atoms with Crippen molar-refractivity contribution in [3.05, 3.63) is 40.2 Å². The van der Waals surface area contributed by atoms with Gasteiger partial charge in [0.25, 0.3) is 0 Å². The van der Waals surface area contributed by atoms with Crippen molar-refractivity contribution >= 4 is 11.6 Å². The van der Waals surface area contributed by atoms with Gasteiger partial charge in [-0.25, -0.2) is 0 Å². The fourth-order valence-corrected chi connectivity index (χ4v) is 3.11. The molecule has 21 heavy (non-hydrogen) atoms. The molecule has 0 bridgehead atoms. The number of aromatic nitrogens is 3. The smallest absolute Gasteiger partial charge is 0.227 e. The number of rotatable bonds is 2. The Kier molecular flexibility index (Phi) is 3.49. The highest BCUT2D eigenvalue weighted by Crippen LogP contribution is 2.26. The number of carbonyl (C=O) groups excluding carboxylic acids is 1. The van der Waals surface area contributed by atoms with E-state index in [1.54, 1.807) is 0 Å². The van der Waals surface area contributed by atoms with Gasteiger partial charge in [-0.2, -0.15) is 15.4 Å². The van der Waals surface area contributed by atoms with Crippen LogP contribution >= 0.6 is 0 Å². The van der Waals surface area contributed by atoms with Gasteiger partial charge in [-0.3, -0.25) is 4.79 Å². The summed E-state index contributed by atoms with van der Waals surface area (Å²) in [5.74, 6) is 0.0569. The summed E-state index contributed by atoms with van der Waals surface area (Å²) >= 11 is 0. The van der Waals surface area contributed by atoms with Crippen molar-refractivity contribution in [1.29, 1.82) is 0 Å². The molecule has 2 N–H and O–H groups in total. The average Bonchev–Trinajstić information content (AvgIpc) is 2.89. The summed E-state index contributed by atoms with van der Waals surface area (Å²) in [6, 6.07) is 4.19. The molecule has 0 aliphatic heterocycles. The van der Waals surface area contributed by atoms with E-state index in [2.05, 4.69) is 39.8 Å². The topological polar surface area (TPSA) is 70.7 Å². The van der Waals surface area contributed by atoms with Gasteiger partial charge in [0.15, 0.2) is 0 Å². The van der Waals surface area contributed by atoms with Crippen LogP contribution in [0.2, 0.25) is 0 Å². The Morgan fingerprint density at radius 3 is 2.57 bits per heavy atom. The first-order valence-corrected chi connectivity index (χ1v) is 7.32. The van der Waals surface area contributed by atoms with Crippen molar-refractivity contribution < 1.29 is 4.79 Å². The number of aryl methyl sites for hydroxylation is 4. The maximum atomic E-state index is 12.5. The van der Waals surface area contributed by atoms with Gasteiger partial charge in [0.2, 0.25) is 5.91 Å². The van der Waals surface area contributed by atoms with Crippen molar-refractivity contribution in [2.24, 2.45) is 5.92 Å². The minimum absolute atomic E-state index is 0.0253. The van der Waals surface area contributed by atoms with E-state index in [1.165, 1.54) is 5.56 Å². The monoisotopic (exact) mass is 284 g/mol. The number of nitrogens with zero attached hydrogens (tertiary/aromatic N) is 2. The van der Waals surface area contributed by atoms with Gasteiger partial charge >= 0.3 is 0 Å². The van der Waals surface area contributed by atoms with E-state index in [9.17, 15) is 4.79 Å². The van der Waals surface area contributed by atoms with Crippen LogP contribution in [-0.2, 0) is 17.6 Å². The fraction of sp³-hybridized carbons (Fsp3) is 0.438. The van der Waals surface area contributed by atoms with Gasteiger partial charge in [-0.1, -0.05) is 17.7 Å². The van der Waals surface area contributed by atoms with E-state index < -0.39 is 0 Å². The van der Waals surface area contributed by atoms with Crippen LogP contribution in [0.15, 0.2) is 12.1 Å². The lowest BCUT2D eigenvalue weighted by molar-refractivity contribution is -0.120. The van der Waals surface area contributed by atoms with E-state index in [0.29, 0.717) is 6.42 Å². The SMILES string of the molecule is Cc1cc(C)c(NC(=O)C2CCc3n[nH]nc3C2)c(C)c1. The van der Waals surface area contributed by atoms with Crippen molar-refractivity contribution in [2.75, 3.05) is 5.32 Å². The van der Waals surface area contributed by atoms with Crippen molar-refractivity contribution in [1.82, 2.24) is 15.4 Å². The molecule has 1 aromatic heterocycles. The largest absolute Gasteiger partial charge is 0.325 e. The Bertz CT molecular complexity index is 666. The molecule has 3 rings (SSSR count). The van der Waals surface area contributed by atoms with Gasteiger partial charge < -0.3 is 5.32 Å². The minimum atomic E-state index is -0.0253. The standard InChI is InChI=1S/C16H20N4O/c1-9-6-10(2)15(11(3)7-9)17-16(21)12-4-5-13-14(8-12)19-20-18-13/h6-7,12H,4-5,8H2,1-3H3,(H,17,21)(H,18,19,20). The first kappa shape index (κ1) is 13.8. The number of anilines is 1. The van der Waals surface area contributed by atoms with E-state index >= 15 is 0 Å². The van der Waals surface area contributed by atoms with Crippen LogP contribution in [-0.4, -0.2) is 21.3 Å². The van der Waals surface area contributed by atoms with Crippen LogP contribution in [0.4, 0.5) is 5.69 Å². The lowest BCUT2D eigenvalue weighted by Crippen LogP contribution is -2.28. The number of fused-ring (bicyclic) bond motifs is 1. The molecular formula is C16H20N4O. The maximum Gasteiger partial charge on any atom is 0.227 e. The highest BCUT2D eigenvalue weighted by molar-refractivity contribution is 5.94. The first-order valence-electron chi connectivity index (χ1n) is 7.32. The minimum Gasteiger partial charge on any atom is -0.325 e. The van der Waals surface area contributed by atoms with Gasteiger partial charge in [-0.05, 0) is 44.7 Å². The number of hydrogen-bond donors (Lipinski definition) is 2. The van der Waals surface area contributed by atoms with Crippen LogP contribution in [0.1, 0.15) is 34.5 Å². The van der Waals surface area contributed by atoms with E-state index in [-0.39, 0.29) is 11.8 Å². The zero-order valence-corrected chi connectivity index (χ0v) is 12.7. The summed E-state index contributed by atoms with van der Waals surface area (Å²) in [5.41, 5.74) is 6.31. The molecule has 1 aromatic carbocycles. The zero-order valence-electron chi connectivity index (χ0n) is 12.7. The molecule has 0 fully saturated rings. The highest BCUT2D eigenvalue weighted by atomic mass is 16.1. The summed E-state index contributed by atoms with van der Waals surface area (Å²) in [6.45, 7) is 6.14. The zero-order chi connectivity index (χ0) is 15.0. The third kappa shape index (κ3) is 2.68. The molecule has 2 aromatic rings. The van der Waals surface area contributed by atoms with Crippen LogP contribution < -0.4 is 5.32 Å². The Balaban J connectivity index is 1.76. The number of nitrogens with one attached hydrogen (secondary N) is 2. The predicted octanol–water partition coefficient (Wildman–Crippen LogP) is 2.47. The van der Waals surface area contributed by atoms with Crippen LogP contribution in [0, 0.1) is 26.7 Å². The van der Waals surface area contributed by atoms with Crippen LogP contribution in [0.3, 0.4) is 0 Å². The summed E-state index contributed by atoms with van der Waals surface area (Å²) in [6.07, 6.45) is 2.31. The number of carbonyl (C=O) groups is 1. The molecule has 1 unspecified atom stereocenters. The highest BCUT2D eigenvalue weighted by Gasteiger charge is 2.27. The van der Waals surface area contributed by atoms with Gasteiger partial charge in [0, 0.05) is 18.0 Å². The molecule has 1 heterocycles. The lowest BCUT2D eigenvalue weighted by Gasteiger charge is -2.21. The van der Waals surface area contributed by atoms with Crippen molar-refractivity contribution in [3.8, 4) is 0 Å². The molecule has 0 spiro atoms. The Morgan fingerprint density at radius 2 is 1.86 bits per heavy atom. The molecule has 1 aliphatic carbocycles. The Labute approximate surface area is 124 Å². The van der Waals surface area contributed by atoms with Crippen molar-refractivity contribution in [2.45, 2.75) is 40.0 Å². The molecule has 1 amide bonds. The third-order valence-corrected chi connectivity index (χ3v) is 4.17. The second-order valence-corrected chi connectivity index (χ2v) is 5.92. The third-order valence-electron chi connectivity index (χ3n) is 4.17.